The van der Waals surface area contributed by atoms with Gasteiger partial charge in [-0.25, -0.2) is 0 Å². The summed E-state index contributed by atoms with van der Waals surface area (Å²) in [5.41, 5.74) is 0. The van der Waals surface area contributed by atoms with Crippen molar-refractivity contribution < 1.29 is 4.79 Å². The Hall–Kier alpha value is -0.580. The van der Waals surface area contributed by atoms with Crippen LogP contribution >= 0.6 is 22.9 Å². The predicted molar refractivity (Wildman–Crippen MR) is 73.6 cm³/mol. The van der Waals surface area contributed by atoms with Gasteiger partial charge in [-0.1, -0.05) is 18.5 Å². The summed E-state index contributed by atoms with van der Waals surface area (Å²) < 4.78 is 0.775. The quantitative estimate of drug-likeness (QED) is 0.837. The summed E-state index contributed by atoms with van der Waals surface area (Å²) in [6.45, 7) is 6.67. The molecule has 3 nitrogen and oxygen atoms in total. The minimum absolute atomic E-state index is 0.0429. The molecule has 0 saturated heterocycles. The smallest absolute Gasteiger partial charge is 0.236 e. The van der Waals surface area contributed by atoms with Gasteiger partial charge in [0.1, 0.15) is 0 Å². The van der Waals surface area contributed by atoms with E-state index in [4.69, 9.17) is 11.6 Å². The third kappa shape index (κ3) is 4.66. The van der Waals surface area contributed by atoms with Gasteiger partial charge in [-0.05, 0) is 32.4 Å². The molecule has 0 fully saturated rings. The van der Waals surface area contributed by atoms with Crippen LogP contribution in [-0.2, 0) is 4.79 Å². The van der Waals surface area contributed by atoms with Crippen molar-refractivity contribution in [3.63, 3.8) is 0 Å². The molecule has 2 unspecified atom stereocenters. The van der Waals surface area contributed by atoms with Gasteiger partial charge in [-0.2, -0.15) is 0 Å². The number of nitrogens with one attached hydrogen (secondary N) is 2. The van der Waals surface area contributed by atoms with E-state index in [1.807, 2.05) is 32.9 Å². The molecular formula is C12H19ClN2OS. The Morgan fingerprint density at radius 1 is 1.47 bits per heavy atom. The number of carbonyl (C=O) groups excluding carboxylic acids is 1. The van der Waals surface area contributed by atoms with E-state index in [0.717, 1.165) is 22.2 Å². The van der Waals surface area contributed by atoms with E-state index < -0.39 is 0 Å². The van der Waals surface area contributed by atoms with Crippen LogP contribution in [0.5, 0.6) is 0 Å². The fourth-order valence-corrected chi connectivity index (χ4v) is 2.57. The number of hydrogen-bond donors (Lipinski definition) is 2. The van der Waals surface area contributed by atoms with Gasteiger partial charge in [0, 0.05) is 17.5 Å². The molecule has 2 atom stereocenters. The van der Waals surface area contributed by atoms with Crippen LogP contribution < -0.4 is 10.6 Å². The van der Waals surface area contributed by atoms with Crippen molar-refractivity contribution in [3.8, 4) is 0 Å². The molecule has 96 valence electrons. The molecule has 1 amide bonds. The molecule has 17 heavy (non-hydrogen) atoms. The maximum Gasteiger partial charge on any atom is 0.236 e. The van der Waals surface area contributed by atoms with Gasteiger partial charge in [0.05, 0.1) is 10.4 Å². The number of rotatable bonds is 6. The first-order valence-corrected chi connectivity index (χ1v) is 7.03. The van der Waals surface area contributed by atoms with Crippen LogP contribution in [0, 0.1) is 0 Å². The lowest BCUT2D eigenvalue weighted by molar-refractivity contribution is -0.122. The molecule has 5 heteroatoms. The summed E-state index contributed by atoms with van der Waals surface area (Å²) >= 11 is 7.42. The third-order valence-electron chi connectivity index (χ3n) is 2.46. The molecule has 2 N–H and O–H groups in total. The fourth-order valence-electron chi connectivity index (χ4n) is 1.50. The van der Waals surface area contributed by atoms with E-state index in [-0.39, 0.29) is 18.0 Å². The van der Waals surface area contributed by atoms with E-state index in [2.05, 4.69) is 10.6 Å². The first kappa shape index (κ1) is 14.5. The van der Waals surface area contributed by atoms with Crippen LogP contribution in [0.2, 0.25) is 4.34 Å². The zero-order valence-corrected chi connectivity index (χ0v) is 12.0. The first-order chi connectivity index (χ1) is 8.04. The SMILES string of the molecule is CCCNC(=O)C(C)NC(C)c1ccc(Cl)s1. The third-order valence-corrected chi connectivity index (χ3v) is 3.88. The number of carbonyl (C=O) groups is 1. The second kappa shape index (κ2) is 6.99. The van der Waals surface area contributed by atoms with Crippen molar-refractivity contribution in [2.45, 2.75) is 39.3 Å². The Morgan fingerprint density at radius 3 is 2.71 bits per heavy atom. The molecule has 0 aliphatic carbocycles. The topological polar surface area (TPSA) is 41.1 Å². The summed E-state index contributed by atoms with van der Waals surface area (Å²) in [4.78, 5) is 12.8. The van der Waals surface area contributed by atoms with Gasteiger partial charge in [0.2, 0.25) is 5.91 Å². The molecule has 1 rings (SSSR count). The average molecular weight is 275 g/mol. The standard InChI is InChI=1S/C12H19ClN2OS/c1-4-7-14-12(16)9(3)15-8(2)10-5-6-11(13)17-10/h5-6,8-9,15H,4,7H2,1-3H3,(H,14,16). The van der Waals surface area contributed by atoms with Gasteiger partial charge in [-0.3, -0.25) is 10.1 Å². The highest BCUT2D eigenvalue weighted by molar-refractivity contribution is 7.16. The zero-order chi connectivity index (χ0) is 12.8. The molecule has 0 radical (unpaired) electrons. The van der Waals surface area contributed by atoms with E-state index in [1.165, 1.54) is 11.3 Å². The van der Waals surface area contributed by atoms with E-state index in [9.17, 15) is 4.79 Å². The van der Waals surface area contributed by atoms with Crippen LogP contribution in [0.25, 0.3) is 0 Å². The maximum atomic E-state index is 11.7. The lowest BCUT2D eigenvalue weighted by Crippen LogP contribution is -2.43. The minimum atomic E-state index is -0.197. The van der Waals surface area contributed by atoms with Crippen LogP contribution in [-0.4, -0.2) is 18.5 Å². The van der Waals surface area contributed by atoms with Gasteiger partial charge in [-0.15, -0.1) is 11.3 Å². The summed E-state index contributed by atoms with van der Waals surface area (Å²) in [6.07, 6.45) is 0.953. The second-order valence-electron chi connectivity index (χ2n) is 4.04. The summed E-state index contributed by atoms with van der Waals surface area (Å²) in [6, 6.07) is 3.80. The Bertz CT molecular complexity index is 367. The molecule has 0 saturated carbocycles. The van der Waals surface area contributed by atoms with E-state index in [0.29, 0.717) is 0 Å². The Kier molecular flexibility index (Phi) is 5.95. The number of thiophene rings is 1. The Morgan fingerprint density at radius 2 is 2.18 bits per heavy atom. The largest absolute Gasteiger partial charge is 0.355 e. The lowest BCUT2D eigenvalue weighted by Gasteiger charge is -2.18. The van der Waals surface area contributed by atoms with Crippen molar-refractivity contribution in [1.82, 2.24) is 10.6 Å². The Labute approximate surface area is 112 Å². The predicted octanol–water partition coefficient (Wildman–Crippen LogP) is 2.97. The highest BCUT2D eigenvalue weighted by atomic mass is 35.5. The van der Waals surface area contributed by atoms with Gasteiger partial charge in [0.25, 0.3) is 0 Å². The molecule has 0 aliphatic rings. The number of amides is 1. The van der Waals surface area contributed by atoms with E-state index in [1.54, 1.807) is 0 Å². The zero-order valence-electron chi connectivity index (χ0n) is 10.4. The minimum Gasteiger partial charge on any atom is -0.355 e. The molecule has 0 bridgehead atoms. The first-order valence-electron chi connectivity index (χ1n) is 5.83. The van der Waals surface area contributed by atoms with Crippen molar-refractivity contribution >= 4 is 28.8 Å². The molecular weight excluding hydrogens is 256 g/mol. The lowest BCUT2D eigenvalue weighted by atomic mass is 10.2. The van der Waals surface area contributed by atoms with Crippen molar-refractivity contribution in [2.24, 2.45) is 0 Å². The van der Waals surface area contributed by atoms with Crippen molar-refractivity contribution in [1.29, 1.82) is 0 Å². The molecule has 1 aromatic rings. The van der Waals surface area contributed by atoms with Crippen LogP contribution in [0.1, 0.15) is 38.1 Å². The molecule has 0 spiro atoms. The molecule has 0 aliphatic heterocycles. The summed E-state index contributed by atoms with van der Waals surface area (Å²) in [5, 5.41) is 6.13. The molecule has 1 aromatic heterocycles. The van der Waals surface area contributed by atoms with Gasteiger partial charge >= 0.3 is 0 Å². The maximum absolute atomic E-state index is 11.7. The van der Waals surface area contributed by atoms with Crippen molar-refractivity contribution in [3.05, 3.63) is 21.3 Å². The number of halogens is 1. The fraction of sp³-hybridized carbons (Fsp3) is 0.583. The normalized spacial score (nSPS) is 14.4. The van der Waals surface area contributed by atoms with Gasteiger partial charge in [0.15, 0.2) is 0 Å². The van der Waals surface area contributed by atoms with Crippen LogP contribution in [0.4, 0.5) is 0 Å². The monoisotopic (exact) mass is 274 g/mol. The summed E-state index contributed by atoms with van der Waals surface area (Å²) in [5.74, 6) is 0.0429. The second-order valence-corrected chi connectivity index (χ2v) is 5.79. The van der Waals surface area contributed by atoms with Crippen LogP contribution in [0.3, 0.4) is 0 Å². The van der Waals surface area contributed by atoms with Gasteiger partial charge < -0.3 is 5.32 Å². The van der Waals surface area contributed by atoms with E-state index >= 15 is 0 Å². The van der Waals surface area contributed by atoms with Crippen LogP contribution in [0.15, 0.2) is 12.1 Å². The highest BCUT2D eigenvalue weighted by Crippen LogP contribution is 2.26. The van der Waals surface area contributed by atoms with Crippen molar-refractivity contribution in [2.75, 3.05) is 6.54 Å². The Balaban J connectivity index is 2.45. The number of hydrogen-bond acceptors (Lipinski definition) is 3. The average Bonchev–Trinajstić information content (AvgIpc) is 2.72. The summed E-state index contributed by atoms with van der Waals surface area (Å²) in [7, 11) is 0. The highest BCUT2D eigenvalue weighted by Gasteiger charge is 2.16. The molecule has 1 heterocycles. The molecule has 0 aromatic carbocycles.